The first kappa shape index (κ1) is 16.6. The molecule has 2 aliphatic rings. The highest BCUT2D eigenvalue weighted by Crippen LogP contribution is 2.35. The number of hydrogen-bond acceptors (Lipinski definition) is 5. The quantitative estimate of drug-likeness (QED) is 0.833. The molecule has 0 saturated carbocycles. The zero-order valence-corrected chi connectivity index (χ0v) is 14.4. The Morgan fingerprint density at radius 1 is 1.22 bits per heavy atom. The van der Waals surface area contributed by atoms with Crippen LogP contribution in [0.3, 0.4) is 0 Å². The fraction of sp³-hybridized carbons (Fsp3) is 0.667. The summed E-state index contributed by atoms with van der Waals surface area (Å²) >= 11 is 0. The lowest BCUT2D eigenvalue weighted by molar-refractivity contribution is 0.149. The molecule has 1 N–H and O–H groups in total. The van der Waals surface area contributed by atoms with Crippen LogP contribution < -0.4 is 14.8 Å². The second-order valence-corrected chi connectivity index (χ2v) is 6.51. The van der Waals surface area contributed by atoms with Gasteiger partial charge in [-0.05, 0) is 37.7 Å². The third kappa shape index (κ3) is 4.16. The summed E-state index contributed by atoms with van der Waals surface area (Å²) in [6, 6.07) is 6.81. The maximum absolute atomic E-state index is 5.58. The molecule has 1 aromatic carbocycles. The number of fused-ring (bicyclic) bond motifs is 1. The lowest BCUT2D eigenvalue weighted by atomic mass is 10.0. The molecule has 23 heavy (non-hydrogen) atoms. The zero-order valence-electron chi connectivity index (χ0n) is 14.4. The van der Waals surface area contributed by atoms with Crippen LogP contribution in [0.5, 0.6) is 11.5 Å². The summed E-state index contributed by atoms with van der Waals surface area (Å²) in [5.74, 6) is 1.75. The number of piperazine rings is 1. The van der Waals surface area contributed by atoms with Crippen LogP contribution in [0.25, 0.3) is 0 Å². The van der Waals surface area contributed by atoms with E-state index in [0.717, 1.165) is 50.8 Å². The Morgan fingerprint density at radius 3 is 2.78 bits per heavy atom. The van der Waals surface area contributed by atoms with Gasteiger partial charge in [-0.2, -0.15) is 0 Å². The van der Waals surface area contributed by atoms with Crippen molar-refractivity contribution in [1.29, 1.82) is 0 Å². The molecule has 3 rings (SSSR count). The Bertz CT molecular complexity index is 503. The second kappa shape index (κ2) is 7.99. The van der Waals surface area contributed by atoms with Crippen molar-refractivity contribution < 1.29 is 9.47 Å². The van der Waals surface area contributed by atoms with E-state index in [-0.39, 0.29) is 0 Å². The van der Waals surface area contributed by atoms with Gasteiger partial charge in [0.1, 0.15) is 0 Å². The standard InChI is InChI=1S/C18H29N3O2/c1-3-4-9-20(2)16(13-21-10-7-19-8-11-21)15-5-6-17-18(12-15)23-14-22-17/h5-6,12,16,19H,3-4,7-11,13-14H2,1-2H3. The van der Waals surface area contributed by atoms with E-state index in [2.05, 4.69) is 47.3 Å². The van der Waals surface area contributed by atoms with Gasteiger partial charge in [0.25, 0.3) is 0 Å². The molecular formula is C18H29N3O2. The molecule has 1 fully saturated rings. The van der Waals surface area contributed by atoms with Gasteiger partial charge in [0.2, 0.25) is 6.79 Å². The molecule has 2 aliphatic heterocycles. The summed E-state index contributed by atoms with van der Waals surface area (Å²) in [6.45, 7) is 9.22. The predicted molar refractivity (Wildman–Crippen MR) is 92.2 cm³/mol. The Morgan fingerprint density at radius 2 is 2.00 bits per heavy atom. The zero-order chi connectivity index (χ0) is 16.1. The van der Waals surface area contributed by atoms with Gasteiger partial charge in [-0.15, -0.1) is 0 Å². The lowest BCUT2D eigenvalue weighted by Gasteiger charge is -2.35. The van der Waals surface area contributed by atoms with Gasteiger partial charge >= 0.3 is 0 Å². The van der Waals surface area contributed by atoms with Crippen LogP contribution in [-0.2, 0) is 0 Å². The highest BCUT2D eigenvalue weighted by molar-refractivity contribution is 5.45. The van der Waals surface area contributed by atoms with Crippen LogP contribution in [0.1, 0.15) is 31.4 Å². The molecule has 1 atom stereocenters. The van der Waals surface area contributed by atoms with Crippen molar-refractivity contribution in [3.63, 3.8) is 0 Å². The van der Waals surface area contributed by atoms with Crippen molar-refractivity contribution in [2.24, 2.45) is 0 Å². The summed E-state index contributed by atoms with van der Waals surface area (Å²) in [5, 5.41) is 3.43. The SMILES string of the molecule is CCCCN(C)C(CN1CCNCC1)c1ccc2c(c1)OCO2. The first-order chi connectivity index (χ1) is 11.3. The molecule has 0 bridgehead atoms. The van der Waals surface area contributed by atoms with Crippen molar-refractivity contribution in [1.82, 2.24) is 15.1 Å². The average Bonchev–Trinajstić information content (AvgIpc) is 3.06. The van der Waals surface area contributed by atoms with Gasteiger partial charge in [0, 0.05) is 38.8 Å². The van der Waals surface area contributed by atoms with Crippen LogP contribution >= 0.6 is 0 Å². The number of unbranched alkanes of at least 4 members (excludes halogenated alkanes) is 1. The first-order valence-corrected chi connectivity index (χ1v) is 8.81. The van der Waals surface area contributed by atoms with Crippen molar-refractivity contribution in [2.45, 2.75) is 25.8 Å². The van der Waals surface area contributed by atoms with E-state index in [9.17, 15) is 0 Å². The smallest absolute Gasteiger partial charge is 0.231 e. The van der Waals surface area contributed by atoms with Gasteiger partial charge in [0.15, 0.2) is 11.5 Å². The molecule has 0 amide bonds. The van der Waals surface area contributed by atoms with E-state index in [1.54, 1.807) is 0 Å². The maximum atomic E-state index is 5.58. The topological polar surface area (TPSA) is 37.0 Å². The summed E-state index contributed by atoms with van der Waals surface area (Å²) < 4.78 is 11.0. The molecule has 0 radical (unpaired) electrons. The molecule has 1 unspecified atom stereocenters. The van der Waals surface area contributed by atoms with Gasteiger partial charge in [-0.25, -0.2) is 0 Å². The van der Waals surface area contributed by atoms with E-state index in [1.165, 1.54) is 18.4 Å². The molecule has 2 heterocycles. The average molecular weight is 319 g/mol. The largest absolute Gasteiger partial charge is 0.454 e. The van der Waals surface area contributed by atoms with Crippen molar-refractivity contribution in [2.75, 3.05) is 53.1 Å². The fourth-order valence-electron chi connectivity index (χ4n) is 3.32. The molecule has 5 heteroatoms. The van der Waals surface area contributed by atoms with Crippen LogP contribution in [-0.4, -0.2) is 62.9 Å². The predicted octanol–water partition coefficient (Wildman–Crippen LogP) is 2.09. The number of benzene rings is 1. The third-order valence-corrected chi connectivity index (χ3v) is 4.82. The van der Waals surface area contributed by atoms with Crippen LogP contribution in [0.2, 0.25) is 0 Å². The van der Waals surface area contributed by atoms with E-state index >= 15 is 0 Å². The van der Waals surface area contributed by atoms with E-state index in [1.807, 2.05) is 0 Å². The summed E-state index contributed by atoms with van der Waals surface area (Å²) in [7, 11) is 2.24. The first-order valence-electron chi connectivity index (χ1n) is 8.81. The number of ether oxygens (including phenoxy) is 2. The van der Waals surface area contributed by atoms with E-state index in [4.69, 9.17) is 9.47 Å². The lowest BCUT2D eigenvalue weighted by Crippen LogP contribution is -2.47. The number of nitrogens with zero attached hydrogens (tertiary/aromatic N) is 2. The minimum absolute atomic E-state index is 0.340. The van der Waals surface area contributed by atoms with Gasteiger partial charge in [-0.3, -0.25) is 9.80 Å². The minimum Gasteiger partial charge on any atom is -0.454 e. The third-order valence-electron chi connectivity index (χ3n) is 4.82. The van der Waals surface area contributed by atoms with E-state index < -0.39 is 0 Å². The Balaban J connectivity index is 1.75. The second-order valence-electron chi connectivity index (χ2n) is 6.51. The van der Waals surface area contributed by atoms with E-state index in [0.29, 0.717) is 12.8 Å². The van der Waals surface area contributed by atoms with Crippen LogP contribution in [0.15, 0.2) is 18.2 Å². The number of rotatable bonds is 7. The normalized spacial score (nSPS) is 19.3. The van der Waals surface area contributed by atoms with Crippen molar-refractivity contribution >= 4 is 0 Å². The number of nitrogens with one attached hydrogen (secondary N) is 1. The highest BCUT2D eigenvalue weighted by atomic mass is 16.7. The number of hydrogen-bond donors (Lipinski definition) is 1. The van der Waals surface area contributed by atoms with Crippen molar-refractivity contribution in [3.05, 3.63) is 23.8 Å². The summed E-state index contributed by atoms with van der Waals surface area (Å²) in [6.07, 6.45) is 2.46. The monoisotopic (exact) mass is 319 g/mol. The fourth-order valence-corrected chi connectivity index (χ4v) is 3.32. The van der Waals surface area contributed by atoms with Crippen LogP contribution in [0, 0.1) is 0 Å². The molecule has 0 spiro atoms. The molecule has 1 saturated heterocycles. The van der Waals surface area contributed by atoms with Gasteiger partial charge < -0.3 is 14.8 Å². The molecule has 5 nitrogen and oxygen atoms in total. The Hall–Kier alpha value is -1.30. The molecule has 0 aliphatic carbocycles. The number of likely N-dealkylation sites (N-methyl/N-ethyl adjacent to an activating group) is 1. The summed E-state index contributed by atoms with van der Waals surface area (Å²) in [5.41, 5.74) is 1.33. The molecular weight excluding hydrogens is 290 g/mol. The molecule has 128 valence electrons. The Kier molecular flexibility index (Phi) is 5.75. The minimum atomic E-state index is 0.340. The maximum Gasteiger partial charge on any atom is 0.231 e. The van der Waals surface area contributed by atoms with Gasteiger partial charge in [0.05, 0.1) is 0 Å². The summed E-state index contributed by atoms with van der Waals surface area (Å²) in [4.78, 5) is 5.05. The van der Waals surface area contributed by atoms with Crippen molar-refractivity contribution in [3.8, 4) is 11.5 Å². The highest BCUT2D eigenvalue weighted by Gasteiger charge is 2.24. The van der Waals surface area contributed by atoms with Crippen LogP contribution in [0.4, 0.5) is 0 Å². The molecule has 1 aromatic rings. The van der Waals surface area contributed by atoms with Gasteiger partial charge in [-0.1, -0.05) is 19.4 Å². The Labute approximate surface area is 139 Å². The molecule has 0 aromatic heterocycles.